The first-order valence-corrected chi connectivity index (χ1v) is 8.20. The molecule has 132 valence electrons. The number of carbonyl (C=O) groups excluding carboxylic acids is 1. The van der Waals surface area contributed by atoms with Crippen molar-refractivity contribution in [1.82, 2.24) is 5.32 Å². The maximum atomic E-state index is 14.3. The number of hydrogen-bond acceptors (Lipinski definition) is 4. The first kappa shape index (κ1) is 17.2. The number of nitrogens with one attached hydrogen (secondary N) is 2. The lowest BCUT2D eigenvalue weighted by Gasteiger charge is -2.31. The van der Waals surface area contributed by atoms with E-state index in [0.717, 1.165) is 13.1 Å². The van der Waals surface area contributed by atoms with Crippen LogP contribution >= 0.6 is 0 Å². The minimum absolute atomic E-state index is 0.0683. The van der Waals surface area contributed by atoms with Crippen LogP contribution in [0.5, 0.6) is 17.2 Å². The summed E-state index contributed by atoms with van der Waals surface area (Å²) in [6, 6.07) is 11.4. The van der Waals surface area contributed by atoms with Gasteiger partial charge in [-0.3, -0.25) is 4.79 Å². The number of amides is 1. The van der Waals surface area contributed by atoms with Crippen LogP contribution in [0.1, 0.15) is 6.92 Å². The number of para-hydroxylation sites is 2. The summed E-state index contributed by atoms with van der Waals surface area (Å²) >= 11 is 0. The molecule has 0 spiro atoms. The summed E-state index contributed by atoms with van der Waals surface area (Å²) in [5, 5.41) is 5.90. The molecular weight excluding hydrogens is 323 g/mol. The second-order valence-electron chi connectivity index (χ2n) is 6.09. The van der Waals surface area contributed by atoms with Crippen LogP contribution in [0.25, 0.3) is 0 Å². The molecular formula is C19H21FN2O3. The number of methoxy groups -OCH3 is 1. The molecule has 0 saturated carbocycles. The summed E-state index contributed by atoms with van der Waals surface area (Å²) in [5.74, 6) is 0.561. The van der Waals surface area contributed by atoms with E-state index in [1.54, 1.807) is 30.3 Å². The average molecular weight is 344 g/mol. The molecule has 1 unspecified atom stereocenters. The van der Waals surface area contributed by atoms with E-state index in [1.807, 2.05) is 6.92 Å². The predicted molar refractivity (Wildman–Crippen MR) is 93.6 cm³/mol. The Bertz CT molecular complexity index is 762. The first-order valence-electron chi connectivity index (χ1n) is 8.20. The van der Waals surface area contributed by atoms with Gasteiger partial charge in [-0.25, -0.2) is 4.39 Å². The summed E-state index contributed by atoms with van der Waals surface area (Å²) < 4.78 is 25.1. The van der Waals surface area contributed by atoms with E-state index in [0.29, 0.717) is 23.1 Å². The van der Waals surface area contributed by atoms with Gasteiger partial charge in [-0.2, -0.15) is 0 Å². The maximum absolute atomic E-state index is 14.3. The Morgan fingerprint density at radius 2 is 1.92 bits per heavy atom. The fourth-order valence-electron chi connectivity index (χ4n) is 2.62. The highest BCUT2D eigenvalue weighted by atomic mass is 19.1. The largest absolute Gasteiger partial charge is 0.493 e. The van der Waals surface area contributed by atoms with Gasteiger partial charge in [-0.05, 0) is 43.3 Å². The van der Waals surface area contributed by atoms with Gasteiger partial charge in [0.25, 0.3) is 0 Å². The second kappa shape index (κ2) is 7.53. The summed E-state index contributed by atoms with van der Waals surface area (Å²) in [5.41, 5.74) is 0.411. The zero-order chi connectivity index (χ0) is 17.8. The van der Waals surface area contributed by atoms with E-state index in [9.17, 15) is 9.18 Å². The molecule has 1 fully saturated rings. The van der Waals surface area contributed by atoms with E-state index in [1.165, 1.54) is 19.2 Å². The zero-order valence-electron chi connectivity index (χ0n) is 14.2. The van der Waals surface area contributed by atoms with Crippen molar-refractivity contribution in [2.75, 3.05) is 25.5 Å². The Morgan fingerprint density at radius 1 is 1.20 bits per heavy atom. The average Bonchev–Trinajstić information content (AvgIpc) is 2.56. The molecule has 2 N–H and O–H groups in total. The first-order chi connectivity index (χ1) is 12.1. The van der Waals surface area contributed by atoms with Gasteiger partial charge in [0, 0.05) is 17.7 Å². The van der Waals surface area contributed by atoms with Gasteiger partial charge in [0.2, 0.25) is 5.91 Å². The normalized spacial score (nSPS) is 15.2. The van der Waals surface area contributed by atoms with Crippen LogP contribution in [0, 0.1) is 17.7 Å². The van der Waals surface area contributed by atoms with Crippen molar-refractivity contribution in [1.29, 1.82) is 0 Å². The highest BCUT2D eigenvalue weighted by Crippen LogP contribution is 2.33. The van der Waals surface area contributed by atoms with Crippen molar-refractivity contribution in [2.24, 2.45) is 11.8 Å². The topological polar surface area (TPSA) is 59.6 Å². The number of benzene rings is 2. The Kier molecular flexibility index (Phi) is 5.19. The van der Waals surface area contributed by atoms with Gasteiger partial charge in [-0.1, -0.05) is 19.1 Å². The molecule has 1 heterocycles. The van der Waals surface area contributed by atoms with Crippen LogP contribution in [0.3, 0.4) is 0 Å². The number of hydrogen-bond donors (Lipinski definition) is 2. The molecule has 1 aliphatic heterocycles. The molecule has 0 aliphatic carbocycles. The highest BCUT2D eigenvalue weighted by Gasteiger charge is 2.28. The third kappa shape index (κ3) is 3.91. The number of anilines is 1. The van der Waals surface area contributed by atoms with Gasteiger partial charge in [-0.15, -0.1) is 0 Å². The predicted octanol–water partition coefficient (Wildman–Crippen LogP) is 3.42. The monoisotopic (exact) mass is 344 g/mol. The molecule has 25 heavy (non-hydrogen) atoms. The molecule has 0 bridgehead atoms. The van der Waals surface area contributed by atoms with Gasteiger partial charge in [0.15, 0.2) is 23.1 Å². The molecule has 1 atom stereocenters. The lowest BCUT2D eigenvalue weighted by Crippen LogP contribution is -2.48. The SMILES string of the molecule is COc1ccccc1Oc1ccc(NC(=O)C(C)C2CNC2)cc1F. The van der Waals surface area contributed by atoms with Crippen LogP contribution in [0.15, 0.2) is 42.5 Å². The third-order valence-electron chi connectivity index (χ3n) is 4.42. The lowest BCUT2D eigenvalue weighted by atomic mass is 9.88. The van der Waals surface area contributed by atoms with E-state index in [2.05, 4.69) is 10.6 Å². The Morgan fingerprint density at radius 3 is 2.52 bits per heavy atom. The summed E-state index contributed by atoms with van der Waals surface area (Å²) in [4.78, 5) is 12.2. The quantitative estimate of drug-likeness (QED) is 0.843. The fourth-order valence-corrected chi connectivity index (χ4v) is 2.62. The van der Waals surface area contributed by atoms with Crippen LogP contribution < -0.4 is 20.1 Å². The number of rotatable bonds is 6. The smallest absolute Gasteiger partial charge is 0.227 e. The van der Waals surface area contributed by atoms with Gasteiger partial charge in [0.1, 0.15) is 0 Å². The molecule has 0 aromatic heterocycles. The summed E-state index contributed by atoms with van der Waals surface area (Å²) in [6.07, 6.45) is 0. The Hall–Kier alpha value is -2.60. The van der Waals surface area contributed by atoms with Crippen molar-refractivity contribution in [3.05, 3.63) is 48.3 Å². The fraction of sp³-hybridized carbons (Fsp3) is 0.316. The van der Waals surface area contributed by atoms with Crippen LogP contribution in [0.2, 0.25) is 0 Å². The number of halogens is 1. The minimum atomic E-state index is -0.554. The van der Waals surface area contributed by atoms with Gasteiger partial charge in [0.05, 0.1) is 7.11 Å². The van der Waals surface area contributed by atoms with Gasteiger partial charge < -0.3 is 20.1 Å². The molecule has 0 radical (unpaired) electrons. The van der Waals surface area contributed by atoms with E-state index in [-0.39, 0.29) is 17.6 Å². The molecule has 1 saturated heterocycles. The summed E-state index contributed by atoms with van der Waals surface area (Å²) in [6.45, 7) is 3.57. The minimum Gasteiger partial charge on any atom is -0.493 e. The van der Waals surface area contributed by atoms with Gasteiger partial charge >= 0.3 is 0 Å². The standard InChI is InChI=1S/C19H21FN2O3/c1-12(13-10-21-11-13)19(23)22-14-7-8-16(15(20)9-14)25-18-6-4-3-5-17(18)24-2/h3-9,12-13,21H,10-11H2,1-2H3,(H,22,23). The van der Waals surface area contributed by atoms with Crippen LogP contribution in [-0.2, 0) is 4.79 Å². The molecule has 1 aliphatic rings. The molecule has 2 aromatic rings. The molecule has 2 aromatic carbocycles. The lowest BCUT2D eigenvalue weighted by molar-refractivity contribution is -0.121. The molecule has 3 rings (SSSR count). The number of ether oxygens (including phenoxy) is 2. The molecule has 6 heteroatoms. The van der Waals surface area contributed by atoms with Crippen LogP contribution in [0.4, 0.5) is 10.1 Å². The molecule has 5 nitrogen and oxygen atoms in total. The van der Waals surface area contributed by atoms with E-state index < -0.39 is 5.82 Å². The van der Waals surface area contributed by atoms with E-state index in [4.69, 9.17) is 9.47 Å². The van der Waals surface area contributed by atoms with E-state index >= 15 is 0 Å². The Labute approximate surface area is 146 Å². The zero-order valence-corrected chi connectivity index (χ0v) is 14.2. The van der Waals surface area contributed by atoms with Crippen LogP contribution in [-0.4, -0.2) is 26.1 Å². The third-order valence-corrected chi connectivity index (χ3v) is 4.42. The van der Waals surface area contributed by atoms with Crippen molar-refractivity contribution in [3.63, 3.8) is 0 Å². The van der Waals surface area contributed by atoms with Crippen molar-refractivity contribution >= 4 is 11.6 Å². The van der Waals surface area contributed by atoms with Crippen molar-refractivity contribution in [2.45, 2.75) is 6.92 Å². The second-order valence-corrected chi connectivity index (χ2v) is 6.09. The summed E-state index contributed by atoms with van der Waals surface area (Å²) in [7, 11) is 1.52. The highest BCUT2D eigenvalue weighted by molar-refractivity contribution is 5.92. The van der Waals surface area contributed by atoms with Crippen molar-refractivity contribution in [3.8, 4) is 17.2 Å². The Balaban J connectivity index is 1.69. The maximum Gasteiger partial charge on any atom is 0.227 e. The van der Waals surface area contributed by atoms with Crippen molar-refractivity contribution < 1.29 is 18.7 Å². The number of carbonyl (C=O) groups is 1. The molecule has 1 amide bonds.